The Kier molecular flexibility index (Phi) is 9.10. The van der Waals surface area contributed by atoms with Gasteiger partial charge in [0, 0.05) is 38.6 Å². The maximum Gasteiger partial charge on any atom is 0.276 e. The molecular formula is C32H29Cl3F2N6O3. The number of allylic oxidation sites excluding steroid dienone is 2. The number of phenols is 1. The van der Waals surface area contributed by atoms with Crippen LogP contribution in [-0.4, -0.2) is 69.6 Å². The van der Waals surface area contributed by atoms with Gasteiger partial charge in [-0.1, -0.05) is 55.2 Å². The lowest BCUT2D eigenvalue weighted by Crippen LogP contribution is -2.49. The molecule has 1 aromatic carbocycles. The SMILES string of the molecule is C=CC(=O)N1CCN(c2c(C#N)c(=O)n(C3=C(C)C=CN(C)C3C(C)C)c3nc(-c4c(F)c(O)c(Cl)c(Cl)c4F)c(Cl)cc23)CC1. The Morgan fingerprint density at radius 2 is 1.83 bits per heavy atom. The number of phenolic OH excluding ortho intramolecular Hbond substituents is 1. The molecule has 46 heavy (non-hydrogen) atoms. The number of anilines is 1. The average molecular weight is 690 g/mol. The highest BCUT2D eigenvalue weighted by Gasteiger charge is 2.34. The van der Waals surface area contributed by atoms with Crippen molar-refractivity contribution in [2.75, 3.05) is 38.1 Å². The third-order valence-corrected chi connectivity index (χ3v) is 9.41. The van der Waals surface area contributed by atoms with E-state index < -0.39 is 44.2 Å². The fourth-order valence-corrected chi connectivity index (χ4v) is 6.73. The van der Waals surface area contributed by atoms with Gasteiger partial charge >= 0.3 is 0 Å². The molecule has 1 unspecified atom stereocenters. The summed E-state index contributed by atoms with van der Waals surface area (Å²) in [7, 11) is 1.85. The molecule has 14 heteroatoms. The molecule has 4 heterocycles. The molecule has 240 valence electrons. The Balaban J connectivity index is 1.91. The van der Waals surface area contributed by atoms with E-state index in [-0.39, 0.29) is 71.4 Å². The summed E-state index contributed by atoms with van der Waals surface area (Å²) in [5.74, 6) is -4.13. The molecule has 0 aliphatic carbocycles. The van der Waals surface area contributed by atoms with Crippen LogP contribution in [0.15, 0.2) is 41.4 Å². The molecule has 0 saturated carbocycles. The van der Waals surface area contributed by atoms with E-state index in [1.807, 2.05) is 45.0 Å². The first-order valence-corrected chi connectivity index (χ1v) is 15.4. The van der Waals surface area contributed by atoms with Gasteiger partial charge in [0.2, 0.25) is 5.91 Å². The zero-order valence-corrected chi connectivity index (χ0v) is 27.6. The summed E-state index contributed by atoms with van der Waals surface area (Å²) < 4.78 is 32.3. The van der Waals surface area contributed by atoms with Gasteiger partial charge in [0.25, 0.3) is 5.56 Å². The van der Waals surface area contributed by atoms with Crippen LogP contribution < -0.4 is 10.5 Å². The van der Waals surface area contributed by atoms with Crippen LogP contribution in [0, 0.1) is 28.9 Å². The molecule has 2 aromatic heterocycles. The van der Waals surface area contributed by atoms with Gasteiger partial charge in [-0.05, 0) is 42.8 Å². The van der Waals surface area contributed by atoms with Gasteiger partial charge in [0.15, 0.2) is 17.4 Å². The van der Waals surface area contributed by atoms with Crippen molar-refractivity contribution in [2.24, 2.45) is 5.92 Å². The number of amides is 1. The summed E-state index contributed by atoms with van der Waals surface area (Å²) in [5.41, 5.74) is -0.759. The van der Waals surface area contributed by atoms with E-state index in [1.54, 1.807) is 9.80 Å². The van der Waals surface area contributed by atoms with Crippen LogP contribution in [-0.2, 0) is 4.79 Å². The molecule has 5 rings (SSSR count). The number of likely N-dealkylation sites (N-methyl/N-ethyl adjacent to an activating group) is 1. The molecule has 0 spiro atoms. The number of rotatable bonds is 5. The van der Waals surface area contributed by atoms with Crippen molar-refractivity contribution in [3.05, 3.63) is 79.2 Å². The predicted octanol–water partition coefficient (Wildman–Crippen LogP) is 6.43. The summed E-state index contributed by atoms with van der Waals surface area (Å²) >= 11 is 18.5. The lowest BCUT2D eigenvalue weighted by Gasteiger charge is -2.38. The molecular weight excluding hydrogens is 661 g/mol. The van der Waals surface area contributed by atoms with Gasteiger partial charge < -0.3 is 19.8 Å². The molecule has 1 atom stereocenters. The van der Waals surface area contributed by atoms with E-state index in [9.17, 15) is 20.0 Å². The average Bonchev–Trinajstić information content (AvgIpc) is 3.03. The van der Waals surface area contributed by atoms with E-state index in [0.717, 1.165) is 0 Å². The number of fused-ring (bicyclic) bond motifs is 1. The summed E-state index contributed by atoms with van der Waals surface area (Å²) in [6.45, 7) is 10.4. The van der Waals surface area contributed by atoms with Crippen LogP contribution in [0.5, 0.6) is 5.75 Å². The molecule has 0 bridgehead atoms. The van der Waals surface area contributed by atoms with Crippen LogP contribution in [0.4, 0.5) is 14.5 Å². The number of pyridine rings is 2. The zero-order valence-electron chi connectivity index (χ0n) is 25.3. The van der Waals surface area contributed by atoms with Gasteiger partial charge in [-0.2, -0.15) is 5.26 Å². The molecule has 9 nitrogen and oxygen atoms in total. The van der Waals surface area contributed by atoms with Crippen molar-refractivity contribution in [1.82, 2.24) is 19.4 Å². The third kappa shape index (κ3) is 5.28. The van der Waals surface area contributed by atoms with E-state index in [1.165, 1.54) is 16.7 Å². The number of aromatic hydroxyl groups is 1. The minimum atomic E-state index is -1.44. The summed E-state index contributed by atoms with van der Waals surface area (Å²) in [6, 6.07) is 3.09. The van der Waals surface area contributed by atoms with E-state index in [4.69, 9.17) is 34.8 Å². The number of aromatic nitrogens is 2. The van der Waals surface area contributed by atoms with Gasteiger partial charge in [-0.15, -0.1) is 0 Å². The van der Waals surface area contributed by atoms with Crippen LogP contribution in [0.1, 0.15) is 26.3 Å². The predicted molar refractivity (Wildman–Crippen MR) is 176 cm³/mol. The van der Waals surface area contributed by atoms with Crippen LogP contribution in [0.3, 0.4) is 0 Å². The smallest absolute Gasteiger partial charge is 0.276 e. The van der Waals surface area contributed by atoms with E-state index in [2.05, 4.69) is 17.6 Å². The number of hydrogen-bond donors (Lipinski definition) is 1. The van der Waals surface area contributed by atoms with Crippen molar-refractivity contribution in [3.8, 4) is 23.1 Å². The summed E-state index contributed by atoms with van der Waals surface area (Å²) in [4.78, 5) is 36.7. The second-order valence-corrected chi connectivity index (χ2v) is 12.6. The lowest BCUT2D eigenvalue weighted by molar-refractivity contribution is -0.126. The second kappa shape index (κ2) is 12.6. The minimum Gasteiger partial charge on any atom is -0.504 e. The Hall–Kier alpha value is -4.11. The number of nitriles is 1. The molecule has 0 radical (unpaired) electrons. The number of halogens is 5. The molecule has 2 aliphatic rings. The van der Waals surface area contributed by atoms with Gasteiger partial charge in [-0.3, -0.25) is 14.2 Å². The fraction of sp³-hybridized carbons (Fsp3) is 0.312. The van der Waals surface area contributed by atoms with Crippen molar-refractivity contribution in [2.45, 2.75) is 26.8 Å². The Morgan fingerprint density at radius 3 is 2.41 bits per heavy atom. The highest BCUT2D eigenvalue weighted by Crippen LogP contribution is 2.45. The minimum absolute atomic E-state index is 0.0313. The normalized spacial score (nSPS) is 16.9. The van der Waals surface area contributed by atoms with Gasteiger partial charge in [0.05, 0.1) is 38.7 Å². The van der Waals surface area contributed by atoms with E-state index in [0.29, 0.717) is 11.3 Å². The quantitative estimate of drug-likeness (QED) is 0.187. The maximum atomic E-state index is 15.6. The topological polar surface area (TPSA) is 106 Å². The van der Waals surface area contributed by atoms with Crippen molar-refractivity contribution < 1.29 is 18.7 Å². The summed E-state index contributed by atoms with van der Waals surface area (Å²) in [6.07, 6.45) is 4.91. The van der Waals surface area contributed by atoms with Crippen molar-refractivity contribution in [1.29, 1.82) is 5.26 Å². The Morgan fingerprint density at radius 1 is 1.17 bits per heavy atom. The molecule has 1 saturated heterocycles. The molecule has 1 amide bonds. The lowest BCUT2D eigenvalue weighted by atomic mass is 9.93. The number of carbonyl (C=O) groups excluding carboxylic acids is 1. The number of piperazine rings is 1. The first-order chi connectivity index (χ1) is 21.7. The van der Waals surface area contributed by atoms with Gasteiger partial charge in [0.1, 0.15) is 22.3 Å². The Bertz CT molecular complexity index is 1950. The third-order valence-electron chi connectivity index (χ3n) is 8.30. The number of nitrogens with zero attached hydrogens (tertiary/aromatic N) is 6. The molecule has 3 aromatic rings. The molecule has 1 fully saturated rings. The highest BCUT2D eigenvalue weighted by molar-refractivity contribution is 6.43. The van der Waals surface area contributed by atoms with Crippen molar-refractivity contribution >= 4 is 63.1 Å². The monoisotopic (exact) mass is 688 g/mol. The first-order valence-electron chi connectivity index (χ1n) is 14.3. The molecule has 1 N–H and O–H groups in total. The summed E-state index contributed by atoms with van der Waals surface area (Å²) in [5, 5.41) is 19.3. The standard InChI is InChI=1S/C32H29Cl3F2N6O3/c1-6-20(44)41-9-11-42(12-10-41)29-17-13-19(33)26(21-24(36)22(34)23(35)30(45)25(21)37)39-31(17)43(32(46)18(29)14-38)28-16(4)7-8-40(5)27(28)15(2)3/h6-8,13,15,27,45H,1,9-12H2,2-5H3. The largest absolute Gasteiger partial charge is 0.504 e. The van der Waals surface area contributed by atoms with Crippen LogP contribution in [0.25, 0.3) is 28.0 Å². The van der Waals surface area contributed by atoms with Gasteiger partial charge in [-0.25, -0.2) is 13.8 Å². The first kappa shape index (κ1) is 33.3. The van der Waals surface area contributed by atoms with Crippen LogP contribution in [0.2, 0.25) is 15.1 Å². The zero-order chi connectivity index (χ0) is 33.8. The number of benzene rings is 1. The Labute approximate surface area is 278 Å². The fourth-order valence-electron chi connectivity index (χ4n) is 6.13. The van der Waals surface area contributed by atoms with Crippen LogP contribution >= 0.6 is 34.8 Å². The van der Waals surface area contributed by atoms with E-state index >= 15 is 8.78 Å². The number of carbonyl (C=O) groups is 1. The maximum absolute atomic E-state index is 15.6. The molecule has 2 aliphatic heterocycles. The van der Waals surface area contributed by atoms with Crippen molar-refractivity contribution in [3.63, 3.8) is 0 Å². The second-order valence-electron chi connectivity index (χ2n) is 11.4. The number of hydrogen-bond acceptors (Lipinski definition) is 7. The highest BCUT2D eigenvalue weighted by atomic mass is 35.5.